The molecule has 16 nitrogen and oxygen atoms in total. The highest BCUT2D eigenvalue weighted by Crippen LogP contribution is 2.72. The van der Waals surface area contributed by atoms with Crippen molar-refractivity contribution in [3.8, 4) is 0 Å². The number of aliphatic carboxylic acids is 1. The van der Waals surface area contributed by atoms with E-state index < -0.39 is 130 Å². The lowest BCUT2D eigenvalue weighted by molar-refractivity contribution is -0.235. The van der Waals surface area contributed by atoms with Crippen molar-refractivity contribution in [1.82, 2.24) is 16.0 Å². The van der Waals surface area contributed by atoms with E-state index in [0.717, 1.165) is 17.2 Å². The molecule has 68 heavy (non-hydrogen) atoms. The summed E-state index contributed by atoms with van der Waals surface area (Å²) in [5.74, 6) is -6.49. The first-order chi connectivity index (χ1) is 32.0. The topological polar surface area (TPSA) is 247 Å². The van der Waals surface area contributed by atoms with E-state index >= 15 is 8.78 Å². The van der Waals surface area contributed by atoms with Crippen molar-refractivity contribution in [1.29, 1.82) is 0 Å². The molecule has 5 aliphatic rings. The van der Waals surface area contributed by atoms with Gasteiger partial charge in [-0.2, -0.15) is 12.6 Å². The number of hydrogen-bond donors (Lipinski definition) is 8. The van der Waals surface area contributed by atoms with Crippen LogP contribution in [0.2, 0.25) is 0 Å². The number of allylic oxidation sites excluding steroid dienone is 4. The van der Waals surface area contributed by atoms with Gasteiger partial charge in [-0.05, 0) is 86.9 Å². The second-order valence-corrected chi connectivity index (χ2v) is 19.8. The lowest BCUT2D eigenvalue weighted by Gasteiger charge is -2.63. The van der Waals surface area contributed by atoms with Crippen molar-refractivity contribution >= 4 is 59.5 Å². The molecule has 7 N–H and O–H groups in total. The molecule has 1 aliphatic heterocycles. The summed E-state index contributed by atoms with van der Waals surface area (Å²) in [5.41, 5.74) is -4.11. The third-order valence-electron chi connectivity index (χ3n) is 15.2. The van der Waals surface area contributed by atoms with E-state index in [9.17, 15) is 43.8 Å². The second-order valence-electron chi connectivity index (χ2n) is 19.2. The zero-order valence-corrected chi connectivity index (χ0v) is 39.2. The number of aliphatic hydroxyl groups excluding tert-OH is 2. The van der Waals surface area contributed by atoms with E-state index in [1.807, 2.05) is 31.2 Å². The minimum atomic E-state index is -2.36. The van der Waals surface area contributed by atoms with Crippen molar-refractivity contribution in [2.24, 2.45) is 22.7 Å². The molecule has 0 bridgehead atoms. The summed E-state index contributed by atoms with van der Waals surface area (Å²) in [4.78, 5) is 86.9. The number of carboxylic acid groups (broad SMARTS) is 1. The van der Waals surface area contributed by atoms with Gasteiger partial charge in [-0.3, -0.25) is 33.6 Å². The van der Waals surface area contributed by atoms with Gasteiger partial charge in [0, 0.05) is 46.9 Å². The third kappa shape index (κ3) is 8.80. The predicted molar refractivity (Wildman–Crippen MR) is 244 cm³/mol. The number of fused-ring (bicyclic) bond motifs is 7. The molecule has 7 rings (SSSR count). The van der Waals surface area contributed by atoms with Gasteiger partial charge in [0.1, 0.15) is 24.9 Å². The van der Waals surface area contributed by atoms with Crippen LogP contribution in [0, 0.1) is 22.7 Å². The number of hydrogen-bond acceptors (Lipinski definition) is 12. The molecule has 4 aliphatic carbocycles. The van der Waals surface area contributed by atoms with E-state index in [1.54, 1.807) is 31.2 Å². The summed E-state index contributed by atoms with van der Waals surface area (Å²) >= 11 is 3.92. The highest BCUT2D eigenvalue weighted by atomic mass is 32.1. The molecular weight excluding hydrogens is 907 g/mol. The zero-order chi connectivity index (χ0) is 49.7. The summed E-state index contributed by atoms with van der Waals surface area (Å²) in [6.07, 6.45) is -2.69. The first-order valence-electron chi connectivity index (χ1n) is 22.7. The predicted octanol–water partition coefficient (Wildman–Crippen LogP) is 3.71. The Balaban J connectivity index is 0.942. The molecule has 1 saturated heterocycles. The average molecular weight is 965 g/mol. The molecule has 366 valence electrons. The number of carbonyl (C=O) groups excluding carboxylic acids is 6. The van der Waals surface area contributed by atoms with Crippen LogP contribution < -0.4 is 21.3 Å². The lowest BCUT2D eigenvalue weighted by atomic mass is 9.44. The number of carboxylic acids is 1. The summed E-state index contributed by atoms with van der Waals surface area (Å²) < 4.78 is 46.8. The highest BCUT2D eigenvalue weighted by Gasteiger charge is 2.80. The SMILES string of the molecule is C[C@@H](c1ccc(NC(=O)[C@H](C)NC(=O)[C@H](C)NC(=O)CCNC(=O)C(S)CC(=O)O)cc1)c1ccc([C@@H]2O[C@@H]3CC4[C@@H]5C[C@H](F)C6=CC(=O)C=C[C@]6(C)[C@@]5(F)[C@@H](O)C[C@]4(C)[C@]3(C(=O)CO)O2)cc1. The van der Waals surface area contributed by atoms with Gasteiger partial charge in [-0.1, -0.05) is 56.3 Å². The van der Waals surface area contributed by atoms with Crippen LogP contribution >= 0.6 is 12.6 Å². The summed E-state index contributed by atoms with van der Waals surface area (Å²) in [5, 5.41) is 40.0. The van der Waals surface area contributed by atoms with Gasteiger partial charge in [-0.15, -0.1) is 0 Å². The van der Waals surface area contributed by atoms with E-state index in [4.69, 9.17) is 14.6 Å². The highest BCUT2D eigenvalue weighted by molar-refractivity contribution is 7.81. The van der Waals surface area contributed by atoms with Gasteiger partial charge in [0.2, 0.25) is 23.6 Å². The number of thiol groups is 1. The number of ether oxygens (including phenoxy) is 2. The molecule has 2 unspecified atom stereocenters. The first-order valence-corrected chi connectivity index (χ1v) is 23.2. The van der Waals surface area contributed by atoms with Crippen molar-refractivity contribution in [3.63, 3.8) is 0 Å². The van der Waals surface area contributed by atoms with Gasteiger partial charge >= 0.3 is 5.97 Å². The Bertz CT molecular complexity index is 2420. The zero-order valence-electron chi connectivity index (χ0n) is 38.3. The lowest BCUT2D eigenvalue weighted by Crippen LogP contribution is -2.70. The Morgan fingerprint density at radius 2 is 1.53 bits per heavy atom. The average Bonchev–Trinajstić information content (AvgIpc) is 3.80. The van der Waals surface area contributed by atoms with E-state index in [1.165, 1.54) is 32.9 Å². The van der Waals surface area contributed by atoms with E-state index in [0.29, 0.717) is 11.3 Å². The minimum Gasteiger partial charge on any atom is -0.481 e. The molecule has 0 aromatic heterocycles. The molecule has 0 spiro atoms. The molecule has 1 heterocycles. The fourth-order valence-electron chi connectivity index (χ4n) is 11.4. The van der Waals surface area contributed by atoms with Crippen molar-refractivity contribution in [2.45, 2.75) is 126 Å². The van der Waals surface area contributed by atoms with Gasteiger partial charge < -0.3 is 46.1 Å². The number of aliphatic hydroxyl groups is 2. The number of alkyl halides is 2. The quantitative estimate of drug-likeness (QED) is 0.112. The molecular formula is C49H58F2N4O12S. The minimum absolute atomic E-state index is 0.00361. The van der Waals surface area contributed by atoms with E-state index in [2.05, 4.69) is 33.9 Å². The van der Waals surface area contributed by atoms with Crippen LogP contribution in [-0.2, 0) is 43.0 Å². The number of ketones is 2. The van der Waals surface area contributed by atoms with E-state index in [-0.39, 0.29) is 43.7 Å². The second kappa shape index (κ2) is 19.2. The maximum Gasteiger partial charge on any atom is 0.304 e. The summed E-state index contributed by atoms with van der Waals surface area (Å²) in [6, 6.07) is 12.5. The van der Waals surface area contributed by atoms with Gasteiger partial charge in [0.15, 0.2) is 29.1 Å². The summed E-state index contributed by atoms with van der Waals surface area (Å²) in [7, 11) is 0. The Hall–Kier alpha value is -5.34. The number of anilines is 1. The third-order valence-corrected chi connectivity index (χ3v) is 15.6. The first kappa shape index (κ1) is 50.5. The fraction of sp³-hybridized carbons (Fsp3) is 0.531. The molecule has 4 fully saturated rings. The van der Waals surface area contributed by atoms with Crippen LogP contribution in [0.15, 0.2) is 72.3 Å². The molecule has 2 aromatic rings. The monoisotopic (exact) mass is 964 g/mol. The Labute approximate surface area is 397 Å². The van der Waals surface area contributed by atoms with Crippen LogP contribution in [0.5, 0.6) is 0 Å². The number of halogens is 2. The number of nitrogens with one attached hydrogen (secondary N) is 4. The maximum absolute atomic E-state index is 17.8. The van der Waals surface area contributed by atoms with Crippen LogP contribution in [0.3, 0.4) is 0 Å². The van der Waals surface area contributed by atoms with Crippen molar-refractivity contribution < 1.29 is 67.1 Å². The normalized spacial score (nSPS) is 33.0. The Kier molecular flexibility index (Phi) is 14.3. The van der Waals surface area contributed by atoms with Crippen molar-refractivity contribution in [2.75, 3.05) is 18.5 Å². The van der Waals surface area contributed by atoms with Crippen LogP contribution in [0.1, 0.15) is 95.6 Å². The largest absolute Gasteiger partial charge is 0.481 e. The van der Waals surface area contributed by atoms with Gasteiger partial charge in [0.05, 0.1) is 23.9 Å². The molecule has 2 aromatic carbocycles. The van der Waals surface area contributed by atoms with Crippen LogP contribution in [0.4, 0.5) is 14.5 Å². The molecule has 3 saturated carbocycles. The number of rotatable bonds is 16. The number of benzene rings is 2. The number of amides is 4. The Morgan fingerprint density at radius 3 is 2.16 bits per heavy atom. The molecule has 14 atom stereocenters. The summed E-state index contributed by atoms with van der Waals surface area (Å²) in [6.45, 7) is 7.16. The van der Waals surface area contributed by atoms with Gasteiger partial charge in [0.25, 0.3) is 0 Å². The molecule has 4 amide bonds. The number of carbonyl (C=O) groups is 7. The molecule has 0 radical (unpaired) electrons. The fourth-order valence-corrected chi connectivity index (χ4v) is 11.7. The van der Waals surface area contributed by atoms with Crippen LogP contribution in [-0.4, -0.2) is 117 Å². The molecule has 19 heteroatoms. The van der Waals surface area contributed by atoms with Crippen molar-refractivity contribution in [3.05, 3.63) is 89.0 Å². The smallest absolute Gasteiger partial charge is 0.304 e. The van der Waals surface area contributed by atoms with Gasteiger partial charge in [-0.25, -0.2) is 8.78 Å². The maximum atomic E-state index is 17.8. The standard InChI is InChI=1S/C49H58F2N4O12S/c1-24(28-10-12-30(13-11-28)55-43(64)26(3)54-42(63)25(2)53-40(60)15-17-52-44(65)36(68)21-41(61)62)27-6-8-29(9-7-27)45-66-39-20-32-33-19-35(50)34-18-31(57)14-16-46(34,4)48(33,51)37(58)22-47(32,5)49(39,67-45)38(59)23-56/h6-14,16,18,24-26,32-33,35-37,39,45,56,58,68H,15,17,19-23H2,1-5H3,(H,52,65)(H,53,60)(H,54,63)(H,55,64)(H,61,62)/t24-,25+,26+,32?,33+,35+,36?,37+,39-,45-,46+,47+,48+,49-/m1/s1. The Morgan fingerprint density at radius 1 is 0.897 bits per heavy atom. The number of Topliss-reactive ketones (excluding diaryl/α,β-unsaturated/α-hetero) is 1. The van der Waals surface area contributed by atoms with Crippen LogP contribution in [0.25, 0.3) is 0 Å².